The lowest BCUT2D eigenvalue weighted by molar-refractivity contribution is -0.144. The van der Waals surface area contributed by atoms with Gasteiger partial charge in [-0.3, -0.25) is 14.3 Å². The highest BCUT2D eigenvalue weighted by atomic mass is 16.5. The van der Waals surface area contributed by atoms with Gasteiger partial charge in [0.15, 0.2) is 0 Å². The van der Waals surface area contributed by atoms with Crippen LogP contribution < -0.4 is 5.32 Å². The predicted octanol–water partition coefficient (Wildman–Crippen LogP) is 1.40. The standard InChI is InChI=1S/C17H25N5O3/c1-12-7-21(8-13(2)25-12)16(24)10-22-9-14(6-19-22)20-15(23)5-17(3,4)11-18/h6,9,12-13H,5,7-8,10H2,1-4H3,(H,20,23)/t12-,13-/m1/s1. The third-order valence-electron chi connectivity index (χ3n) is 3.89. The van der Waals surface area contributed by atoms with Gasteiger partial charge in [0.1, 0.15) is 6.54 Å². The summed E-state index contributed by atoms with van der Waals surface area (Å²) in [6.45, 7) is 8.55. The van der Waals surface area contributed by atoms with E-state index in [1.807, 2.05) is 13.8 Å². The average Bonchev–Trinajstić information content (AvgIpc) is 2.92. The third-order valence-corrected chi connectivity index (χ3v) is 3.89. The molecular weight excluding hydrogens is 322 g/mol. The predicted molar refractivity (Wildman–Crippen MR) is 91.5 cm³/mol. The molecule has 0 radical (unpaired) electrons. The largest absolute Gasteiger partial charge is 0.372 e. The number of nitrogens with zero attached hydrogens (tertiary/aromatic N) is 4. The van der Waals surface area contributed by atoms with E-state index in [4.69, 9.17) is 10.00 Å². The van der Waals surface area contributed by atoms with E-state index in [2.05, 4.69) is 16.5 Å². The number of aromatic nitrogens is 2. The molecule has 0 unspecified atom stereocenters. The summed E-state index contributed by atoms with van der Waals surface area (Å²) in [4.78, 5) is 26.1. The number of ether oxygens (including phenoxy) is 1. The zero-order chi connectivity index (χ0) is 18.6. The Morgan fingerprint density at radius 2 is 2.04 bits per heavy atom. The Kier molecular flexibility index (Phi) is 5.80. The fraction of sp³-hybridized carbons (Fsp3) is 0.647. The van der Waals surface area contributed by atoms with Crippen LogP contribution in [-0.2, 0) is 20.9 Å². The minimum Gasteiger partial charge on any atom is -0.372 e. The lowest BCUT2D eigenvalue weighted by Crippen LogP contribution is -2.49. The molecule has 2 heterocycles. The molecule has 1 N–H and O–H groups in total. The minimum absolute atomic E-state index is 0.0173. The molecule has 0 aromatic carbocycles. The quantitative estimate of drug-likeness (QED) is 0.868. The number of morpholine rings is 1. The van der Waals surface area contributed by atoms with Crippen LogP contribution in [0.4, 0.5) is 5.69 Å². The molecule has 8 nitrogen and oxygen atoms in total. The second-order valence-corrected chi connectivity index (χ2v) is 7.20. The maximum Gasteiger partial charge on any atom is 0.244 e. The van der Waals surface area contributed by atoms with Gasteiger partial charge in [0.05, 0.1) is 35.6 Å². The summed E-state index contributed by atoms with van der Waals surface area (Å²) < 4.78 is 7.13. The first-order valence-corrected chi connectivity index (χ1v) is 8.35. The van der Waals surface area contributed by atoms with Crippen molar-refractivity contribution < 1.29 is 14.3 Å². The van der Waals surface area contributed by atoms with Gasteiger partial charge >= 0.3 is 0 Å². The Morgan fingerprint density at radius 3 is 2.64 bits per heavy atom. The molecular formula is C17H25N5O3. The van der Waals surface area contributed by atoms with Gasteiger partial charge in [0.25, 0.3) is 0 Å². The first-order valence-electron chi connectivity index (χ1n) is 8.35. The molecule has 25 heavy (non-hydrogen) atoms. The van der Waals surface area contributed by atoms with Crippen LogP contribution in [0.2, 0.25) is 0 Å². The fourth-order valence-corrected chi connectivity index (χ4v) is 2.78. The highest BCUT2D eigenvalue weighted by Gasteiger charge is 2.26. The number of anilines is 1. The van der Waals surface area contributed by atoms with E-state index in [1.54, 1.807) is 24.9 Å². The average molecular weight is 347 g/mol. The molecule has 1 fully saturated rings. The van der Waals surface area contributed by atoms with Gasteiger partial charge in [-0.1, -0.05) is 0 Å². The summed E-state index contributed by atoms with van der Waals surface area (Å²) >= 11 is 0. The van der Waals surface area contributed by atoms with E-state index < -0.39 is 5.41 Å². The van der Waals surface area contributed by atoms with Crippen molar-refractivity contribution in [3.8, 4) is 6.07 Å². The Hall–Kier alpha value is -2.40. The van der Waals surface area contributed by atoms with Gasteiger partial charge in [0.2, 0.25) is 11.8 Å². The molecule has 0 bridgehead atoms. The second-order valence-electron chi connectivity index (χ2n) is 7.20. The lowest BCUT2D eigenvalue weighted by Gasteiger charge is -2.35. The number of carbonyl (C=O) groups excluding carboxylic acids is 2. The van der Waals surface area contributed by atoms with Gasteiger partial charge in [0, 0.05) is 25.7 Å². The van der Waals surface area contributed by atoms with Crippen LogP contribution in [-0.4, -0.2) is 51.8 Å². The first kappa shape index (κ1) is 18.9. The number of nitrogens with one attached hydrogen (secondary N) is 1. The van der Waals surface area contributed by atoms with Crippen molar-refractivity contribution in [3.63, 3.8) is 0 Å². The van der Waals surface area contributed by atoms with E-state index in [0.29, 0.717) is 18.8 Å². The fourth-order valence-electron chi connectivity index (χ4n) is 2.78. The number of rotatable bonds is 5. The molecule has 1 aromatic heterocycles. The molecule has 8 heteroatoms. The molecule has 1 aliphatic rings. The van der Waals surface area contributed by atoms with Crippen molar-refractivity contribution >= 4 is 17.5 Å². The molecule has 136 valence electrons. The molecule has 2 atom stereocenters. The van der Waals surface area contributed by atoms with E-state index in [1.165, 1.54) is 10.9 Å². The number of hydrogen-bond donors (Lipinski definition) is 1. The summed E-state index contributed by atoms with van der Waals surface area (Å²) in [6.07, 6.45) is 3.24. The van der Waals surface area contributed by atoms with Crippen LogP contribution in [0.25, 0.3) is 0 Å². The maximum absolute atomic E-state index is 12.4. The van der Waals surface area contributed by atoms with Gasteiger partial charge in [-0.15, -0.1) is 0 Å². The summed E-state index contributed by atoms with van der Waals surface area (Å²) in [5, 5.41) is 15.8. The van der Waals surface area contributed by atoms with Crippen LogP contribution in [0.3, 0.4) is 0 Å². The Morgan fingerprint density at radius 1 is 1.40 bits per heavy atom. The number of nitriles is 1. The SMILES string of the molecule is C[C@@H]1CN(C(=O)Cn2cc(NC(=O)CC(C)(C)C#N)cn2)C[C@@H](C)O1. The monoisotopic (exact) mass is 347 g/mol. The molecule has 1 saturated heterocycles. The molecule has 2 amide bonds. The molecule has 2 rings (SSSR count). The van der Waals surface area contributed by atoms with Crippen LogP contribution >= 0.6 is 0 Å². The Labute approximate surface area is 147 Å². The number of amides is 2. The number of carbonyl (C=O) groups is 2. The van der Waals surface area contributed by atoms with E-state index in [-0.39, 0.29) is 37.0 Å². The zero-order valence-corrected chi connectivity index (χ0v) is 15.2. The maximum atomic E-state index is 12.4. The van der Waals surface area contributed by atoms with Gasteiger partial charge in [-0.05, 0) is 27.7 Å². The molecule has 1 aromatic rings. The smallest absolute Gasteiger partial charge is 0.244 e. The van der Waals surface area contributed by atoms with Crippen molar-refractivity contribution in [1.82, 2.24) is 14.7 Å². The van der Waals surface area contributed by atoms with Crippen molar-refractivity contribution in [3.05, 3.63) is 12.4 Å². The Balaban J connectivity index is 1.90. The van der Waals surface area contributed by atoms with Crippen LogP contribution in [0, 0.1) is 16.7 Å². The van der Waals surface area contributed by atoms with Crippen LogP contribution in [0.15, 0.2) is 12.4 Å². The van der Waals surface area contributed by atoms with E-state index in [9.17, 15) is 9.59 Å². The van der Waals surface area contributed by atoms with Gasteiger partial charge < -0.3 is 15.0 Å². The summed E-state index contributed by atoms with van der Waals surface area (Å²) in [5.74, 6) is -0.290. The van der Waals surface area contributed by atoms with Gasteiger partial charge in [-0.25, -0.2) is 0 Å². The minimum atomic E-state index is -0.722. The zero-order valence-electron chi connectivity index (χ0n) is 15.2. The molecule has 0 aliphatic carbocycles. The van der Waals surface area contributed by atoms with Crippen LogP contribution in [0.1, 0.15) is 34.1 Å². The molecule has 0 spiro atoms. The van der Waals surface area contributed by atoms with Crippen molar-refractivity contribution in [2.24, 2.45) is 5.41 Å². The highest BCUT2D eigenvalue weighted by molar-refractivity contribution is 5.91. The topological polar surface area (TPSA) is 100 Å². The highest BCUT2D eigenvalue weighted by Crippen LogP contribution is 2.19. The van der Waals surface area contributed by atoms with Crippen molar-refractivity contribution in [2.45, 2.75) is 52.9 Å². The van der Waals surface area contributed by atoms with Crippen molar-refractivity contribution in [2.75, 3.05) is 18.4 Å². The van der Waals surface area contributed by atoms with Crippen molar-refractivity contribution in [1.29, 1.82) is 5.26 Å². The van der Waals surface area contributed by atoms with Gasteiger partial charge in [-0.2, -0.15) is 10.4 Å². The van der Waals surface area contributed by atoms with E-state index >= 15 is 0 Å². The second kappa shape index (κ2) is 7.66. The Bertz CT molecular complexity index is 666. The molecule has 0 saturated carbocycles. The van der Waals surface area contributed by atoms with E-state index in [0.717, 1.165) is 0 Å². The normalized spacial score (nSPS) is 20.8. The first-order chi connectivity index (χ1) is 11.7. The summed E-state index contributed by atoms with van der Waals surface area (Å²) in [5.41, 5.74) is -0.213. The summed E-state index contributed by atoms with van der Waals surface area (Å²) in [6, 6.07) is 2.09. The summed E-state index contributed by atoms with van der Waals surface area (Å²) in [7, 11) is 0. The lowest BCUT2D eigenvalue weighted by atomic mass is 9.91. The third kappa shape index (κ3) is 5.57. The molecule has 1 aliphatic heterocycles. The number of hydrogen-bond acceptors (Lipinski definition) is 5. The van der Waals surface area contributed by atoms with Crippen LogP contribution in [0.5, 0.6) is 0 Å².